The van der Waals surface area contributed by atoms with Crippen molar-refractivity contribution in [1.29, 1.82) is 0 Å². The number of nitro benzene ring substituents is 1. The Kier molecular flexibility index (Phi) is 4.43. The molecule has 9 nitrogen and oxygen atoms in total. The summed E-state index contributed by atoms with van der Waals surface area (Å²) in [6.45, 7) is 0.114. The number of hydrogen-bond donors (Lipinski definition) is 0. The van der Waals surface area contributed by atoms with E-state index in [0.717, 1.165) is 11.0 Å². The number of benzene rings is 2. The quantitative estimate of drug-likeness (QED) is 0.386. The van der Waals surface area contributed by atoms with Gasteiger partial charge >= 0.3 is 5.97 Å². The van der Waals surface area contributed by atoms with Crippen LogP contribution in [0.25, 0.3) is 11.0 Å². The molecule has 0 radical (unpaired) electrons. The molecule has 27 heavy (non-hydrogen) atoms. The van der Waals surface area contributed by atoms with Crippen LogP contribution < -0.4 is 4.74 Å². The summed E-state index contributed by atoms with van der Waals surface area (Å²) in [6, 6.07) is 10.2. The third-order valence-electron chi connectivity index (χ3n) is 4.20. The highest BCUT2D eigenvalue weighted by molar-refractivity contribution is 5.78. The number of ether oxygens (including phenoxy) is 3. The van der Waals surface area contributed by atoms with E-state index in [1.54, 1.807) is 10.9 Å². The summed E-state index contributed by atoms with van der Waals surface area (Å²) in [5, 5.41) is 11.1. The smallest absolute Gasteiger partial charge is 0.326 e. The molecule has 0 N–H and O–H groups in total. The normalized spacial score (nSPS) is 13.0. The third-order valence-corrected chi connectivity index (χ3v) is 4.20. The van der Waals surface area contributed by atoms with E-state index < -0.39 is 10.9 Å². The average molecular weight is 369 g/mol. The minimum Gasteiger partial charge on any atom is -0.467 e. The molecule has 1 aliphatic rings. The number of nitrogens with zero attached hydrogens (tertiary/aromatic N) is 3. The van der Waals surface area contributed by atoms with Crippen LogP contribution in [-0.2, 0) is 34.0 Å². The number of esters is 1. The van der Waals surface area contributed by atoms with Crippen molar-refractivity contribution in [3.8, 4) is 5.75 Å². The summed E-state index contributed by atoms with van der Waals surface area (Å²) in [4.78, 5) is 27.1. The van der Waals surface area contributed by atoms with E-state index in [0.29, 0.717) is 16.9 Å². The fourth-order valence-electron chi connectivity index (χ4n) is 2.97. The monoisotopic (exact) mass is 369 g/mol. The van der Waals surface area contributed by atoms with Gasteiger partial charge in [0.25, 0.3) is 5.69 Å². The molecule has 0 saturated heterocycles. The van der Waals surface area contributed by atoms with E-state index in [1.165, 1.54) is 12.1 Å². The lowest BCUT2D eigenvalue weighted by Gasteiger charge is -2.20. The number of imidazole rings is 1. The van der Waals surface area contributed by atoms with Gasteiger partial charge in [-0.1, -0.05) is 12.1 Å². The van der Waals surface area contributed by atoms with Crippen molar-refractivity contribution in [2.75, 3.05) is 6.79 Å². The molecule has 0 atom stereocenters. The fourth-order valence-corrected chi connectivity index (χ4v) is 2.97. The fraction of sp³-hybridized carbons (Fsp3) is 0.222. The van der Waals surface area contributed by atoms with Crippen LogP contribution in [0, 0.1) is 10.1 Å². The highest BCUT2D eigenvalue weighted by Gasteiger charge is 2.22. The van der Waals surface area contributed by atoms with E-state index in [2.05, 4.69) is 4.98 Å². The van der Waals surface area contributed by atoms with Gasteiger partial charge in [0.05, 0.1) is 28.9 Å². The summed E-state index contributed by atoms with van der Waals surface area (Å²) >= 11 is 0. The summed E-state index contributed by atoms with van der Waals surface area (Å²) in [7, 11) is 0. The van der Waals surface area contributed by atoms with Gasteiger partial charge in [0, 0.05) is 23.3 Å². The molecule has 2 heterocycles. The molecule has 0 fully saturated rings. The van der Waals surface area contributed by atoms with Crippen molar-refractivity contribution < 1.29 is 23.9 Å². The second kappa shape index (κ2) is 7.04. The molecule has 0 amide bonds. The molecule has 0 bridgehead atoms. The van der Waals surface area contributed by atoms with Gasteiger partial charge in [0.15, 0.2) is 6.79 Å². The lowest BCUT2D eigenvalue weighted by molar-refractivity contribution is -0.385. The minimum atomic E-state index is -0.502. The number of aromatic nitrogens is 2. The van der Waals surface area contributed by atoms with Gasteiger partial charge in [0.1, 0.15) is 18.9 Å². The highest BCUT2D eigenvalue weighted by Crippen LogP contribution is 2.33. The molecule has 4 rings (SSSR count). The Bertz CT molecular complexity index is 1030. The van der Waals surface area contributed by atoms with Crippen molar-refractivity contribution >= 4 is 22.7 Å². The van der Waals surface area contributed by atoms with Gasteiger partial charge in [-0.15, -0.1) is 0 Å². The predicted molar refractivity (Wildman–Crippen MR) is 92.9 cm³/mol. The molecular formula is C18H15N3O6. The molecule has 2 aromatic carbocycles. The Morgan fingerprint density at radius 3 is 3.04 bits per heavy atom. The van der Waals surface area contributed by atoms with Crippen LogP contribution in [0.2, 0.25) is 0 Å². The van der Waals surface area contributed by atoms with Gasteiger partial charge in [-0.3, -0.25) is 14.9 Å². The summed E-state index contributed by atoms with van der Waals surface area (Å²) in [5.41, 5.74) is 2.50. The van der Waals surface area contributed by atoms with Crippen LogP contribution in [0.1, 0.15) is 11.1 Å². The van der Waals surface area contributed by atoms with Crippen molar-refractivity contribution in [1.82, 2.24) is 9.55 Å². The second-order valence-electron chi connectivity index (χ2n) is 5.98. The van der Waals surface area contributed by atoms with Crippen molar-refractivity contribution in [3.05, 3.63) is 64.0 Å². The SMILES string of the molecule is O=C(Cn1cnc2ccccc21)OCc1cc([N+](=O)[O-])cc2c1OCOC2. The lowest BCUT2D eigenvalue weighted by atomic mass is 10.1. The first-order valence-electron chi connectivity index (χ1n) is 8.18. The Labute approximate surface area is 153 Å². The first-order valence-corrected chi connectivity index (χ1v) is 8.18. The largest absolute Gasteiger partial charge is 0.467 e. The van der Waals surface area contributed by atoms with Crippen molar-refractivity contribution in [2.24, 2.45) is 0 Å². The van der Waals surface area contributed by atoms with E-state index in [-0.39, 0.29) is 32.2 Å². The number of hydrogen-bond acceptors (Lipinski definition) is 7. The summed E-state index contributed by atoms with van der Waals surface area (Å²) < 4.78 is 17.6. The highest BCUT2D eigenvalue weighted by atomic mass is 16.7. The maximum absolute atomic E-state index is 12.2. The Morgan fingerprint density at radius 1 is 1.33 bits per heavy atom. The zero-order chi connectivity index (χ0) is 18.8. The molecule has 0 aliphatic carbocycles. The zero-order valence-electron chi connectivity index (χ0n) is 14.2. The Hall–Kier alpha value is -3.46. The number of rotatable bonds is 5. The molecule has 9 heteroatoms. The molecule has 0 saturated carbocycles. The summed E-state index contributed by atoms with van der Waals surface area (Å²) in [5.74, 6) is -0.0156. The molecule has 0 unspecified atom stereocenters. The zero-order valence-corrected chi connectivity index (χ0v) is 14.2. The van der Waals surface area contributed by atoms with E-state index in [1.807, 2.05) is 24.3 Å². The molecule has 138 valence electrons. The number of para-hydroxylation sites is 2. The topological polar surface area (TPSA) is 106 Å². The number of carbonyl (C=O) groups excluding carboxylic acids is 1. The van der Waals surface area contributed by atoms with Gasteiger partial charge in [0.2, 0.25) is 0 Å². The van der Waals surface area contributed by atoms with Gasteiger partial charge in [-0.25, -0.2) is 4.98 Å². The minimum absolute atomic E-state index is 0.0123. The second-order valence-corrected chi connectivity index (χ2v) is 5.98. The summed E-state index contributed by atoms with van der Waals surface area (Å²) in [6.07, 6.45) is 1.57. The van der Waals surface area contributed by atoms with E-state index in [9.17, 15) is 14.9 Å². The number of nitro groups is 1. The predicted octanol–water partition coefficient (Wildman–Crippen LogP) is 2.55. The van der Waals surface area contributed by atoms with Crippen molar-refractivity contribution in [2.45, 2.75) is 19.8 Å². The Balaban J connectivity index is 1.50. The standard InChI is InChI=1S/C18H15N3O6/c22-17(7-20-10-19-15-3-1-2-4-16(15)20)26-9-13-6-14(21(23)24)5-12-8-25-11-27-18(12)13/h1-6,10H,7-9,11H2. The Morgan fingerprint density at radius 2 is 2.19 bits per heavy atom. The number of non-ortho nitro benzene ring substituents is 1. The lowest BCUT2D eigenvalue weighted by Crippen LogP contribution is -2.16. The molecule has 1 aromatic heterocycles. The van der Waals surface area contributed by atoms with Crippen LogP contribution >= 0.6 is 0 Å². The first kappa shape index (κ1) is 17.0. The van der Waals surface area contributed by atoms with Crippen LogP contribution in [0.4, 0.5) is 5.69 Å². The maximum atomic E-state index is 12.2. The number of carbonyl (C=O) groups is 1. The van der Waals surface area contributed by atoms with Crippen LogP contribution in [0.5, 0.6) is 5.75 Å². The molecular weight excluding hydrogens is 354 g/mol. The van der Waals surface area contributed by atoms with Crippen LogP contribution in [-0.4, -0.2) is 27.2 Å². The van der Waals surface area contributed by atoms with Crippen molar-refractivity contribution in [3.63, 3.8) is 0 Å². The first-order chi connectivity index (χ1) is 13.1. The molecule has 3 aromatic rings. The van der Waals surface area contributed by atoms with E-state index in [4.69, 9.17) is 14.2 Å². The third kappa shape index (κ3) is 3.44. The molecule has 0 spiro atoms. The van der Waals surface area contributed by atoms with Gasteiger partial charge in [-0.05, 0) is 12.1 Å². The average Bonchev–Trinajstić information content (AvgIpc) is 3.08. The van der Waals surface area contributed by atoms with Gasteiger partial charge < -0.3 is 18.8 Å². The van der Waals surface area contributed by atoms with E-state index >= 15 is 0 Å². The van der Waals surface area contributed by atoms with Crippen LogP contribution in [0.3, 0.4) is 0 Å². The number of fused-ring (bicyclic) bond motifs is 2. The van der Waals surface area contributed by atoms with Crippen LogP contribution in [0.15, 0.2) is 42.7 Å². The molecule has 1 aliphatic heterocycles. The maximum Gasteiger partial charge on any atom is 0.326 e. The van der Waals surface area contributed by atoms with Gasteiger partial charge in [-0.2, -0.15) is 0 Å².